The van der Waals surface area contributed by atoms with E-state index in [0.717, 1.165) is 29.7 Å². The number of rotatable bonds is 3. The van der Waals surface area contributed by atoms with Crippen LogP contribution in [0.2, 0.25) is 0 Å². The monoisotopic (exact) mass is 292 g/mol. The Balaban J connectivity index is 2.38. The minimum atomic E-state index is -0.427. The van der Waals surface area contributed by atoms with E-state index in [2.05, 4.69) is 12.2 Å². The lowest BCUT2D eigenvalue weighted by Gasteiger charge is -2.18. The molecule has 1 aliphatic carbocycles. The number of methoxy groups -OCH3 is 1. The number of carbonyl (C=O) groups excluding carboxylic acids is 2. The lowest BCUT2D eigenvalue weighted by molar-refractivity contribution is -0.115. The molecule has 1 unspecified atom stereocenters. The lowest BCUT2D eigenvalue weighted by atomic mass is 9.88. The highest BCUT2D eigenvalue weighted by molar-refractivity contribution is 7.17. The second kappa shape index (κ2) is 6.06. The third kappa shape index (κ3) is 2.83. The van der Waals surface area contributed by atoms with Gasteiger partial charge in [0.25, 0.3) is 0 Å². The molecule has 1 N–H and O–H groups in total. The van der Waals surface area contributed by atoms with Crippen LogP contribution in [-0.2, 0) is 22.4 Å². The number of hydrogen-bond donors (Lipinski definition) is 1. The Morgan fingerprint density at radius 3 is 2.95 bits per heavy atom. The van der Waals surface area contributed by atoms with Crippen molar-refractivity contribution in [3.63, 3.8) is 0 Å². The maximum Gasteiger partial charge on any atom is 0.341 e. The van der Waals surface area contributed by atoms with Crippen LogP contribution in [0.1, 0.15) is 40.6 Å². The van der Waals surface area contributed by atoms with E-state index in [0.29, 0.717) is 16.5 Å². The van der Waals surface area contributed by atoms with Gasteiger partial charge < -0.3 is 10.1 Å². The molecule has 1 aliphatic rings. The maximum absolute atomic E-state index is 12.0. The van der Waals surface area contributed by atoms with E-state index < -0.39 is 11.9 Å². The molecule has 0 saturated heterocycles. The van der Waals surface area contributed by atoms with Crippen LogP contribution in [0.3, 0.4) is 0 Å². The van der Waals surface area contributed by atoms with Gasteiger partial charge in [-0.3, -0.25) is 4.79 Å². The Morgan fingerprint density at radius 2 is 2.30 bits per heavy atom. The molecule has 6 heteroatoms. The Morgan fingerprint density at radius 1 is 1.55 bits per heavy atom. The zero-order valence-electron chi connectivity index (χ0n) is 11.5. The number of nitriles is 1. The summed E-state index contributed by atoms with van der Waals surface area (Å²) < 4.78 is 4.82. The van der Waals surface area contributed by atoms with Crippen molar-refractivity contribution >= 4 is 28.2 Å². The topological polar surface area (TPSA) is 79.2 Å². The first-order chi connectivity index (χ1) is 9.56. The molecule has 0 bridgehead atoms. The predicted octanol–water partition coefficient (Wildman–Crippen LogP) is 2.51. The minimum Gasteiger partial charge on any atom is -0.465 e. The fourth-order valence-electron chi connectivity index (χ4n) is 2.40. The quantitative estimate of drug-likeness (QED) is 0.868. The Hall–Kier alpha value is -1.87. The average Bonchev–Trinajstić information content (AvgIpc) is 2.74. The zero-order chi connectivity index (χ0) is 14.7. The minimum absolute atomic E-state index is 0.223. The van der Waals surface area contributed by atoms with Gasteiger partial charge >= 0.3 is 5.97 Å². The summed E-state index contributed by atoms with van der Waals surface area (Å²) in [7, 11) is 1.33. The van der Waals surface area contributed by atoms with E-state index in [-0.39, 0.29) is 6.42 Å². The Kier molecular flexibility index (Phi) is 4.40. The molecule has 20 heavy (non-hydrogen) atoms. The molecule has 0 fully saturated rings. The molecule has 0 aromatic carbocycles. The van der Waals surface area contributed by atoms with Crippen molar-refractivity contribution in [3.05, 3.63) is 16.0 Å². The highest BCUT2D eigenvalue weighted by Crippen LogP contribution is 2.40. The van der Waals surface area contributed by atoms with Crippen LogP contribution in [0.15, 0.2) is 0 Å². The summed E-state index contributed by atoms with van der Waals surface area (Å²) in [6.45, 7) is 2.18. The van der Waals surface area contributed by atoms with E-state index in [1.165, 1.54) is 18.4 Å². The third-order valence-electron chi connectivity index (χ3n) is 3.39. The van der Waals surface area contributed by atoms with Crippen LogP contribution < -0.4 is 5.32 Å². The smallest absolute Gasteiger partial charge is 0.341 e. The maximum atomic E-state index is 12.0. The van der Waals surface area contributed by atoms with Crippen molar-refractivity contribution in [2.24, 2.45) is 5.92 Å². The van der Waals surface area contributed by atoms with Crippen LogP contribution in [0.25, 0.3) is 0 Å². The molecule has 1 atom stereocenters. The Bertz CT molecular complexity index is 586. The first-order valence-corrected chi connectivity index (χ1v) is 7.28. The van der Waals surface area contributed by atoms with Gasteiger partial charge in [-0.2, -0.15) is 5.26 Å². The second-order valence-electron chi connectivity index (χ2n) is 4.93. The summed E-state index contributed by atoms with van der Waals surface area (Å²) >= 11 is 1.42. The number of thiophene rings is 1. The normalized spacial score (nSPS) is 16.9. The van der Waals surface area contributed by atoms with Crippen LogP contribution in [0.5, 0.6) is 0 Å². The fourth-order valence-corrected chi connectivity index (χ4v) is 3.81. The molecule has 0 saturated carbocycles. The molecular formula is C14H16N2O3S. The predicted molar refractivity (Wildman–Crippen MR) is 75.7 cm³/mol. The van der Waals surface area contributed by atoms with Gasteiger partial charge in [0.2, 0.25) is 5.91 Å². The molecule has 2 rings (SSSR count). The van der Waals surface area contributed by atoms with Crippen LogP contribution in [-0.4, -0.2) is 19.0 Å². The molecular weight excluding hydrogens is 276 g/mol. The van der Waals surface area contributed by atoms with E-state index in [1.807, 2.05) is 0 Å². The molecule has 5 nitrogen and oxygen atoms in total. The van der Waals surface area contributed by atoms with Gasteiger partial charge in [0.1, 0.15) is 11.4 Å². The van der Waals surface area contributed by atoms with Gasteiger partial charge in [-0.05, 0) is 30.7 Å². The first kappa shape index (κ1) is 14.5. The standard InChI is InChI=1S/C14H16N2O3S/c1-8-3-4-9-10(7-8)20-13(12(9)14(18)19-2)16-11(17)5-6-15/h8H,3-5,7H2,1-2H3,(H,16,17). The van der Waals surface area contributed by atoms with E-state index in [1.54, 1.807) is 6.07 Å². The largest absolute Gasteiger partial charge is 0.465 e. The van der Waals surface area contributed by atoms with Crippen LogP contribution >= 0.6 is 11.3 Å². The number of nitrogens with zero attached hydrogens (tertiary/aromatic N) is 1. The van der Waals surface area contributed by atoms with E-state index in [4.69, 9.17) is 10.00 Å². The van der Waals surface area contributed by atoms with Gasteiger partial charge in [-0.1, -0.05) is 6.92 Å². The third-order valence-corrected chi connectivity index (χ3v) is 4.56. The number of hydrogen-bond acceptors (Lipinski definition) is 5. The molecule has 1 heterocycles. The van der Waals surface area contributed by atoms with Crippen molar-refractivity contribution < 1.29 is 14.3 Å². The lowest BCUT2D eigenvalue weighted by Crippen LogP contribution is -2.15. The van der Waals surface area contributed by atoms with Crippen LogP contribution in [0.4, 0.5) is 5.00 Å². The van der Waals surface area contributed by atoms with Gasteiger partial charge in [-0.15, -0.1) is 11.3 Å². The van der Waals surface area contributed by atoms with Crippen molar-refractivity contribution in [1.82, 2.24) is 0 Å². The second-order valence-corrected chi connectivity index (χ2v) is 6.04. The highest BCUT2D eigenvalue weighted by Gasteiger charge is 2.28. The number of amides is 1. The molecule has 0 radical (unpaired) electrons. The van der Waals surface area contributed by atoms with Crippen molar-refractivity contribution in [1.29, 1.82) is 5.26 Å². The summed E-state index contributed by atoms with van der Waals surface area (Å²) in [5.74, 6) is -0.247. The number of nitrogens with one attached hydrogen (secondary N) is 1. The average molecular weight is 292 g/mol. The number of esters is 1. The number of anilines is 1. The molecule has 0 spiro atoms. The van der Waals surface area contributed by atoms with E-state index in [9.17, 15) is 9.59 Å². The van der Waals surface area contributed by atoms with Gasteiger partial charge in [-0.25, -0.2) is 4.79 Å². The van der Waals surface area contributed by atoms with Gasteiger partial charge in [0.05, 0.1) is 18.7 Å². The fraction of sp³-hybridized carbons (Fsp3) is 0.500. The highest BCUT2D eigenvalue weighted by atomic mass is 32.1. The Labute approximate surface area is 121 Å². The molecule has 1 aromatic rings. The summed E-state index contributed by atoms with van der Waals surface area (Å²) in [4.78, 5) is 24.7. The van der Waals surface area contributed by atoms with Crippen molar-refractivity contribution in [2.45, 2.75) is 32.6 Å². The molecule has 1 amide bonds. The summed E-state index contributed by atoms with van der Waals surface area (Å²) in [6, 6.07) is 1.80. The number of fused-ring (bicyclic) bond motifs is 1. The number of carbonyl (C=O) groups is 2. The SMILES string of the molecule is COC(=O)c1c(NC(=O)CC#N)sc2c1CCC(C)C2. The molecule has 1 aromatic heterocycles. The molecule has 106 valence electrons. The van der Waals surface area contributed by atoms with Gasteiger partial charge in [0.15, 0.2) is 0 Å². The summed E-state index contributed by atoms with van der Waals surface area (Å²) in [5.41, 5.74) is 1.46. The van der Waals surface area contributed by atoms with Crippen molar-refractivity contribution in [3.8, 4) is 6.07 Å². The van der Waals surface area contributed by atoms with Crippen LogP contribution in [0, 0.1) is 17.2 Å². The summed E-state index contributed by atoms with van der Waals surface area (Å²) in [6.07, 6.45) is 2.54. The van der Waals surface area contributed by atoms with E-state index >= 15 is 0 Å². The molecule has 0 aliphatic heterocycles. The first-order valence-electron chi connectivity index (χ1n) is 6.46. The number of ether oxygens (including phenoxy) is 1. The summed E-state index contributed by atoms with van der Waals surface area (Å²) in [5, 5.41) is 11.7. The zero-order valence-corrected chi connectivity index (χ0v) is 12.3. The van der Waals surface area contributed by atoms with Crippen molar-refractivity contribution in [2.75, 3.05) is 12.4 Å². The van der Waals surface area contributed by atoms with Gasteiger partial charge in [0, 0.05) is 4.88 Å².